The standard InChI is InChI=1S/C26H28IN3O3S/c1-20(18-26(2,3)21-10-6-4-7-11-21)28-29-25(31)19-30(23-16-14-22(27)15-17-23)34(32,33)24-12-8-5-9-13-24/h4-17H,18-19H2,1-3H3,(H,29,31)/b28-20-. The minimum absolute atomic E-state index is 0.116. The van der Waals surface area contributed by atoms with Crippen molar-refractivity contribution in [3.8, 4) is 0 Å². The first-order chi connectivity index (χ1) is 16.1. The molecular formula is C26H28IN3O3S. The summed E-state index contributed by atoms with van der Waals surface area (Å²) >= 11 is 2.15. The maximum atomic E-state index is 13.3. The smallest absolute Gasteiger partial charge is 0.264 e. The Hall–Kier alpha value is -2.72. The molecule has 0 radical (unpaired) electrons. The third-order valence-electron chi connectivity index (χ3n) is 5.36. The van der Waals surface area contributed by atoms with Crippen LogP contribution in [0.25, 0.3) is 0 Å². The van der Waals surface area contributed by atoms with Crippen molar-refractivity contribution in [2.24, 2.45) is 5.10 Å². The number of carbonyl (C=O) groups is 1. The number of rotatable bonds is 9. The van der Waals surface area contributed by atoms with E-state index in [1.165, 1.54) is 17.7 Å². The van der Waals surface area contributed by atoms with E-state index in [1.54, 1.807) is 42.5 Å². The number of hydrogen-bond donors (Lipinski definition) is 1. The van der Waals surface area contributed by atoms with Gasteiger partial charge in [0, 0.05) is 9.28 Å². The lowest BCUT2D eigenvalue weighted by atomic mass is 9.80. The zero-order valence-corrected chi connectivity index (χ0v) is 22.4. The minimum Gasteiger partial charge on any atom is -0.271 e. The summed E-state index contributed by atoms with van der Waals surface area (Å²) in [5.41, 5.74) is 4.70. The molecule has 1 amide bonds. The van der Waals surface area contributed by atoms with Crippen LogP contribution in [0, 0.1) is 3.57 Å². The van der Waals surface area contributed by atoms with E-state index in [-0.39, 0.29) is 10.3 Å². The fraction of sp³-hybridized carbons (Fsp3) is 0.231. The van der Waals surface area contributed by atoms with Crippen LogP contribution in [0.5, 0.6) is 0 Å². The lowest BCUT2D eigenvalue weighted by molar-refractivity contribution is -0.119. The molecule has 6 nitrogen and oxygen atoms in total. The third kappa shape index (κ3) is 6.66. The molecule has 0 aromatic heterocycles. The van der Waals surface area contributed by atoms with Gasteiger partial charge in [0.05, 0.1) is 10.6 Å². The molecule has 3 aromatic carbocycles. The van der Waals surface area contributed by atoms with Crippen molar-refractivity contribution in [1.82, 2.24) is 5.43 Å². The second-order valence-electron chi connectivity index (χ2n) is 8.61. The third-order valence-corrected chi connectivity index (χ3v) is 7.86. The summed E-state index contributed by atoms with van der Waals surface area (Å²) in [6.07, 6.45) is 0.639. The average Bonchev–Trinajstić information content (AvgIpc) is 2.83. The van der Waals surface area contributed by atoms with Gasteiger partial charge in [-0.15, -0.1) is 0 Å². The highest BCUT2D eigenvalue weighted by molar-refractivity contribution is 14.1. The average molecular weight is 589 g/mol. The summed E-state index contributed by atoms with van der Waals surface area (Å²) in [5, 5.41) is 4.24. The Morgan fingerprint density at radius 3 is 2.09 bits per heavy atom. The first-order valence-corrected chi connectivity index (χ1v) is 13.3. The fourth-order valence-corrected chi connectivity index (χ4v) is 5.44. The number of nitrogens with zero attached hydrogens (tertiary/aromatic N) is 2. The lowest BCUT2D eigenvalue weighted by Crippen LogP contribution is -2.39. The molecule has 0 saturated carbocycles. The summed E-state index contributed by atoms with van der Waals surface area (Å²) in [5.74, 6) is -0.519. The van der Waals surface area contributed by atoms with E-state index in [2.05, 4.69) is 59.1 Å². The van der Waals surface area contributed by atoms with Crippen LogP contribution < -0.4 is 9.73 Å². The molecular weight excluding hydrogens is 561 g/mol. The summed E-state index contributed by atoms with van der Waals surface area (Å²) < 4.78 is 28.8. The molecule has 0 saturated heterocycles. The van der Waals surface area contributed by atoms with Crippen LogP contribution >= 0.6 is 22.6 Å². The minimum atomic E-state index is -3.94. The molecule has 3 rings (SSSR count). The Morgan fingerprint density at radius 2 is 1.50 bits per heavy atom. The Balaban J connectivity index is 1.77. The molecule has 0 unspecified atom stereocenters. The van der Waals surface area contributed by atoms with Crippen LogP contribution in [0.15, 0.2) is 94.9 Å². The van der Waals surface area contributed by atoms with Crippen molar-refractivity contribution in [3.05, 3.63) is 94.1 Å². The van der Waals surface area contributed by atoms with Crippen LogP contribution in [-0.4, -0.2) is 26.6 Å². The molecule has 1 N–H and O–H groups in total. The highest BCUT2D eigenvalue weighted by Gasteiger charge is 2.27. The normalized spacial score (nSPS) is 12.3. The van der Waals surface area contributed by atoms with E-state index < -0.39 is 22.5 Å². The number of carbonyl (C=O) groups excluding carboxylic acids is 1. The molecule has 0 aliphatic rings. The first-order valence-electron chi connectivity index (χ1n) is 10.8. The Kier molecular flexibility index (Phi) is 8.48. The topological polar surface area (TPSA) is 78.8 Å². The van der Waals surface area contributed by atoms with E-state index >= 15 is 0 Å². The summed E-state index contributed by atoms with van der Waals surface area (Å²) in [7, 11) is -3.94. The summed E-state index contributed by atoms with van der Waals surface area (Å²) in [4.78, 5) is 12.9. The van der Waals surface area contributed by atoms with Gasteiger partial charge in [-0.2, -0.15) is 5.10 Å². The number of amides is 1. The Bertz CT molecular complexity index is 1240. The summed E-state index contributed by atoms with van der Waals surface area (Å²) in [6, 6.07) is 25.2. The molecule has 0 aliphatic heterocycles. The van der Waals surface area contributed by atoms with Gasteiger partial charge in [-0.1, -0.05) is 62.4 Å². The van der Waals surface area contributed by atoms with Gasteiger partial charge in [-0.25, -0.2) is 13.8 Å². The van der Waals surface area contributed by atoms with Gasteiger partial charge in [0.2, 0.25) is 0 Å². The first kappa shape index (κ1) is 25.9. The largest absolute Gasteiger partial charge is 0.271 e. The van der Waals surface area contributed by atoms with Crippen LogP contribution in [0.4, 0.5) is 5.69 Å². The zero-order chi connectivity index (χ0) is 24.8. The maximum Gasteiger partial charge on any atom is 0.264 e. The molecule has 8 heteroatoms. The lowest BCUT2D eigenvalue weighted by Gasteiger charge is -2.25. The van der Waals surface area contributed by atoms with Crippen molar-refractivity contribution in [1.29, 1.82) is 0 Å². The molecule has 34 heavy (non-hydrogen) atoms. The fourth-order valence-electron chi connectivity index (χ4n) is 3.64. The van der Waals surface area contributed by atoms with Crippen LogP contribution in [0.2, 0.25) is 0 Å². The van der Waals surface area contributed by atoms with Gasteiger partial charge >= 0.3 is 0 Å². The second kappa shape index (κ2) is 11.1. The quantitative estimate of drug-likeness (QED) is 0.208. The van der Waals surface area contributed by atoms with E-state index in [9.17, 15) is 13.2 Å². The van der Waals surface area contributed by atoms with Gasteiger partial charge in [0.15, 0.2) is 0 Å². The molecule has 3 aromatic rings. The van der Waals surface area contributed by atoms with Gasteiger partial charge in [0.25, 0.3) is 15.9 Å². The zero-order valence-electron chi connectivity index (χ0n) is 19.4. The SMILES string of the molecule is C/C(CC(C)(C)c1ccccc1)=N/NC(=O)CN(c1ccc(I)cc1)S(=O)(=O)c1ccccc1. The number of hydrazone groups is 1. The number of benzene rings is 3. The van der Waals surface area contributed by atoms with Crippen molar-refractivity contribution in [3.63, 3.8) is 0 Å². The molecule has 0 aliphatic carbocycles. The molecule has 0 spiro atoms. The van der Waals surface area contributed by atoms with Gasteiger partial charge in [0.1, 0.15) is 6.54 Å². The predicted molar refractivity (Wildman–Crippen MR) is 145 cm³/mol. The van der Waals surface area contributed by atoms with Gasteiger partial charge < -0.3 is 0 Å². The Morgan fingerprint density at radius 1 is 0.941 bits per heavy atom. The Labute approximate surface area is 215 Å². The van der Waals surface area contributed by atoms with Crippen LogP contribution in [0.1, 0.15) is 32.8 Å². The molecule has 0 atom stereocenters. The molecule has 178 valence electrons. The second-order valence-corrected chi connectivity index (χ2v) is 11.7. The van der Waals surface area contributed by atoms with E-state index in [0.29, 0.717) is 12.1 Å². The van der Waals surface area contributed by atoms with E-state index in [4.69, 9.17) is 0 Å². The van der Waals surface area contributed by atoms with Crippen LogP contribution in [-0.2, 0) is 20.2 Å². The van der Waals surface area contributed by atoms with Gasteiger partial charge in [-0.3, -0.25) is 9.10 Å². The number of hydrogen-bond acceptors (Lipinski definition) is 4. The highest BCUT2D eigenvalue weighted by Crippen LogP contribution is 2.27. The monoisotopic (exact) mass is 589 g/mol. The molecule has 0 heterocycles. The number of sulfonamides is 1. The van der Waals surface area contributed by atoms with E-state index in [1.807, 2.05) is 25.1 Å². The maximum absolute atomic E-state index is 13.3. The van der Waals surface area contributed by atoms with Crippen molar-refractivity contribution in [2.45, 2.75) is 37.5 Å². The number of halogens is 1. The van der Waals surface area contributed by atoms with Crippen molar-refractivity contribution < 1.29 is 13.2 Å². The number of anilines is 1. The summed E-state index contributed by atoms with van der Waals surface area (Å²) in [6.45, 7) is 5.70. The molecule has 0 fully saturated rings. The predicted octanol–water partition coefficient (Wildman–Crippen LogP) is 5.35. The van der Waals surface area contributed by atoms with Crippen molar-refractivity contribution >= 4 is 49.9 Å². The van der Waals surface area contributed by atoms with Crippen LogP contribution in [0.3, 0.4) is 0 Å². The van der Waals surface area contributed by atoms with Crippen molar-refractivity contribution in [2.75, 3.05) is 10.8 Å². The highest BCUT2D eigenvalue weighted by atomic mass is 127. The van der Waals surface area contributed by atoms with E-state index in [0.717, 1.165) is 13.6 Å². The molecule has 0 bridgehead atoms. The number of nitrogens with one attached hydrogen (secondary N) is 1. The van der Waals surface area contributed by atoms with Gasteiger partial charge in [-0.05, 0) is 83.3 Å².